The Morgan fingerprint density at radius 2 is 1.86 bits per heavy atom. The molecule has 5 atom stereocenters. The highest BCUT2D eigenvalue weighted by molar-refractivity contribution is 5.84. The molecule has 1 aromatic rings. The largest absolute Gasteiger partial charge is 0.344 e. The number of carbonyl (C=O) groups excluding carboxylic acids is 1. The van der Waals surface area contributed by atoms with Crippen LogP contribution in [0, 0.1) is 17.8 Å². The number of Topliss-reactive ketones (excluding diaryl/α,β-unsaturated/α-hetero) is 1. The number of rotatable bonds is 3. The number of fused-ring (bicyclic) bond motifs is 2. The number of ketones is 1. The van der Waals surface area contributed by atoms with Crippen molar-refractivity contribution in [3.63, 3.8) is 0 Å². The maximum absolute atomic E-state index is 12.8. The van der Waals surface area contributed by atoms with Crippen molar-refractivity contribution < 1.29 is 14.3 Å². The summed E-state index contributed by atoms with van der Waals surface area (Å²) in [5.74, 6) is 0.868. The van der Waals surface area contributed by atoms with Crippen LogP contribution in [0.15, 0.2) is 30.3 Å². The molecule has 2 bridgehead atoms. The molecule has 0 spiro atoms. The highest BCUT2D eigenvalue weighted by Crippen LogP contribution is 2.52. The summed E-state index contributed by atoms with van der Waals surface area (Å²) in [4.78, 5) is 12.8. The third-order valence-corrected chi connectivity index (χ3v) is 5.63. The van der Waals surface area contributed by atoms with E-state index in [0.29, 0.717) is 24.0 Å². The van der Waals surface area contributed by atoms with Crippen LogP contribution in [0.2, 0.25) is 0 Å². The molecule has 1 heterocycles. The van der Waals surface area contributed by atoms with Crippen LogP contribution >= 0.6 is 0 Å². The maximum atomic E-state index is 12.8. The molecule has 5 rings (SSSR count). The Hall–Kier alpha value is -1.19. The van der Waals surface area contributed by atoms with Crippen molar-refractivity contribution in [1.29, 1.82) is 0 Å². The summed E-state index contributed by atoms with van der Waals surface area (Å²) in [6.45, 7) is 3.98. The van der Waals surface area contributed by atoms with Crippen molar-refractivity contribution in [2.75, 3.05) is 0 Å². The van der Waals surface area contributed by atoms with Crippen LogP contribution in [0.5, 0.6) is 0 Å². The molecule has 0 N–H and O–H groups in total. The number of benzene rings is 1. The number of carbonyl (C=O) groups is 1. The van der Waals surface area contributed by atoms with Crippen LogP contribution < -0.4 is 0 Å². The monoisotopic (exact) mass is 300 g/mol. The average molecular weight is 300 g/mol. The van der Waals surface area contributed by atoms with Gasteiger partial charge in [-0.2, -0.15) is 0 Å². The minimum atomic E-state index is -0.493. The molecule has 0 amide bonds. The predicted molar refractivity (Wildman–Crippen MR) is 83.3 cm³/mol. The minimum absolute atomic E-state index is 0.118. The van der Waals surface area contributed by atoms with Gasteiger partial charge in [0.1, 0.15) is 5.78 Å². The van der Waals surface area contributed by atoms with Gasteiger partial charge < -0.3 is 9.47 Å². The van der Waals surface area contributed by atoms with Gasteiger partial charge in [-0.05, 0) is 50.5 Å². The second-order valence-corrected chi connectivity index (χ2v) is 7.54. The lowest BCUT2D eigenvalue weighted by molar-refractivity contribution is -0.150. The van der Waals surface area contributed by atoms with E-state index < -0.39 is 5.79 Å². The van der Waals surface area contributed by atoms with Gasteiger partial charge in [0, 0.05) is 12.3 Å². The molecular weight excluding hydrogens is 276 g/mol. The molecule has 22 heavy (non-hydrogen) atoms. The van der Waals surface area contributed by atoms with Gasteiger partial charge in [-0.15, -0.1) is 0 Å². The molecule has 3 saturated carbocycles. The van der Waals surface area contributed by atoms with Crippen LogP contribution in [0.1, 0.15) is 38.7 Å². The van der Waals surface area contributed by atoms with Crippen molar-refractivity contribution in [2.45, 2.75) is 57.5 Å². The van der Waals surface area contributed by atoms with Crippen LogP contribution in [0.4, 0.5) is 0 Å². The Bertz CT molecular complexity index is 565. The van der Waals surface area contributed by atoms with Crippen molar-refractivity contribution in [3.05, 3.63) is 35.9 Å². The van der Waals surface area contributed by atoms with E-state index in [4.69, 9.17) is 9.47 Å². The molecule has 1 saturated heterocycles. The molecule has 1 aromatic carbocycles. The second kappa shape index (κ2) is 5.17. The van der Waals surface area contributed by atoms with Crippen molar-refractivity contribution in [1.82, 2.24) is 0 Å². The summed E-state index contributed by atoms with van der Waals surface area (Å²) in [6, 6.07) is 10.1. The molecule has 1 aliphatic heterocycles. The Labute approximate surface area is 132 Å². The quantitative estimate of drug-likeness (QED) is 0.858. The molecule has 0 radical (unpaired) electrons. The molecule has 4 fully saturated rings. The fourth-order valence-electron chi connectivity index (χ4n) is 4.73. The van der Waals surface area contributed by atoms with E-state index in [2.05, 4.69) is 0 Å². The first-order valence-electron chi connectivity index (χ1n) is 8.46. The van der Waals surface area contributed by atoms with Crippen molar-refractivity contribution in [2.24, 2.45) is 17.8 Å². The lowest BCUT2D eigenvalue weighted by atomic mass is 9.60. The van der Waals surface area contributed by atoms with Crippen LogP contribution in [-0.4, -0.2) is 23.8 Å². The Morgan fingerprint density at radius 3 is 2.64 bits per heavy atom. The normalized spacial score (nSPS) is 38.7. The van der Waals surface area contributed by atoms with Gasteiger partial charge in [0.25, 0.3) is 0 Å². The van der Waals surface area contributed by atoms with E-state index in [1.807, 2.05) is 44.2 Å². The summed E-state index contributed by atoms with van der Waals surface area (Å²) in [5, 5.41) is 0. The summed E-state index contributed by atoms with van der Waals surface area (Å²) in [7, 11) is 0. The smallest absolute Gasteiger partial charge is 0.163 e. The van der Waals surface area contributed by atoms with Gasteiger partial charge in [0.2, 0.25) is 0 Å². The van der Waals surface area contributed by atoms with Gasteiger partial charge in [0.15, 0.2) is 5.79 Å². The highest BCUT2D eigenvalue weighted by atomic mass is 16.8. The first-order valence-corrected chi connectivity index (χ1v) is 8.46. The Kier molecular flexibility index (Phi) is 3.39. The second-order valence-electron chi connectivity index (χ2n) is 7.54. The number of hydrogen-bond acceptors (Lipinski definition) is 3. The van der Waals surface area contributed by atoms with E-state index in [1.165, 1.54) is 6.42 Å². The predicted octanol–water partition coefficient (Wildman–Crippen LogP) is 3.36. The molecule has 5 unspecified atom stereocenters. The zero-order valence-corrected chi connectivity index (χ0v) is 13.3. The molecule has 3 heteroatoms. The van der Waals surface area contributed by atoms with Gasteiger partial charge in [-0.1, -0.05) is 30.3 Å². The van der Waals surface area contributed by atoms with E-state index in [9.17, 15) is 4.79 Å². The van der Waals surface area contributed by atoms with Gasteiger partial charge in [0.05, 0.1) is 12.2 Å². The summed E-state index contributed by atoms with van der Waals surface area (Å²) in [6.07, 6.45) is 4.14. The average Bonchev–Trinajstić information content (AvgIpc) is 2.85. The third-order valence-electron chi connectivity index (χ3n) is 5.63. The third kappa shape index (κ3) is 2.40. The topological polar surface area (TPSA) is 35.5 Å². The molecular formula is C19H24O3. The maximum Gasteiger partial charge on any atom is 0.163 e. The fraction of sp³-hybridized carbons (Fsp3) is 0.632. The first-order chi connectivity index (χ1) is 10.5. The molecule has 3 aliphatic carbocycles. The summed E-state index contributed by atoms with van der Waals surface area (Å²) < 4.78 is 12.2. The Balaban J connectivity index is 1.51. The van der Waals surface area contributed by atoms with E-state index in [0.717, 1.165) is 18.4 Å². The lowest BCUT2D eigenvalue weighted by Gasteiger charge is -2.47. The van der Waals surface area contributed by atoms with E-state index >= 15 is 0 Å². The van der Waals surface area contributed by atoms with E-state index in [-0.39, 0.29) is 18.1 Å². The fourth-order valence-corrected chi connectivity index (χ4v) is 4.73. The molecule has 0 aromatic heterocycles. The standard InChI is InChI=1S/C19H24O3/c1-19(2)21-17-13-8-9-14(18(17)22-19)15(11-13)16(20)10-12-6-4-3-5-7-12/h3-7,13-15,17-18H,8-11H2,1-2H3. The zero-order valence-electron chi connectivity index (χ0n) is 13.3. The van der Waals surface area contributed by atoms with Gasteiger partial charge >= 0.3 is 0 Å². The molecule has 118 valence electrons. The Morgan fingerprint density at radius 1 is 1.14 bits per heavy atom. The number of hydrogen-bond donors (Lipinski definition) is 0. The van der Waals surface area contributed by atoms with Crippen LogP contribution in [0.3, 0.4) is 0 Å². The SMILES string of the molecule is CC1(C)OC2C3CCC(C(C(=O)Cc4ccccc4)C3)C2O1. The van der Waals surface area contributed by atoms with Crippen LogP contribution in [-0.2, 0) is 20.7 Å². The number of ether oxygens (including phenoxy) is 2. The van der Waals surface area contributed by atoms with Crippen molar-refractivity contribution in [3.8, 4) is 0 Å². The zero-order chi connectivity index (χ0) is 15.3. The van der Waals surface area contributed by atoms with E-state index in [1.54, 1.807) is 0 Å². The molecule has 4 aliphatic rings. The summed E-state index contributed by atoms with van der Waals surface area (Å²) in [5.41, 5.74) is 1.12. The van der Waals surface area contributed by atoms with Gasteiger partial charge in [-0.3, -0.25) is 4.79 Å². The van der Waals surface area contributed by atoms with Crippen LogP contribution in [0.25, 0.3) is 0 Å². The highest BCUT2D eigenvalue weighted by Gasteiger charge is 2.57. The first kappa shape index (κ1) is 14.4. The summed E-state index contributed by atoms with van der Waals surface area (Å²) >= 11 is 0. The molecule has 3 nitrogen and oxygen atoms in total. The minimum Gasteiger partial charge on any atom is -0.344 e. The lowest BCUT2D eigenvalue weighted by Crippen LogP contribution is -2.52. The van der Waals surface area contributed by atoms with Crippen molar-refractivity contribution >= 4 is 5.78 Å². The van der Waals surface area contributed by atoms with Gasteiger partial charge in [-0.25, -0.2) is 0 Å².